The van der Waals surface area contributed by atoms with Gasteiger partial charge in [-0.15, -0.1) is 0 Å². The van der Waals surface area contributed by atoms with E-state index in [-0.39, 0.29) is 11.7 Å². The van der Waals surface area contributed by atoms with E-state index >= 15 is 0 Å². The standard InChI is InChI=1S/C18H20N4O3/c1-4-13-14(18(24)25-5-2)9-22-16(13)17(19-10-20-22)21-12-7-6-11(3)15(23)8-12/h6-10,23H,4-5H2,1-3H3,(H,19,20,21). The van der Waals surface area contributed by atoms with Crippen molar-refractivity contribution in [3.05, 3.63) is 47.4 Å². The lowest BCUT2D eigenvalue weighted by Gasteiger charge is -2.10. The summed E-state index contributed by atoms with van der Waals surface area (Å²) in [5, 5.41) is 17.3. The molecule has 7 heteroatoms. The number of phenols is 1. The van der Waals surface area contributed by atoms with E-state index in [0.29, 0.717) is 35.6 Å². The number of carbonyl (C=O) groups is 1. The van der Waals surface area contributed by atoms with E-state index in [1.165, 1.54) is 6.33 Å². The minimum atomic E-state index is -0.371. The molecule has 1 aromatic carbocycles. The van der Waals surface area contributed by atoms with Crippen LogP contribution in [-0.2, 0) is 11.2 Å². The van der Waals surface area contributed by atoms with Gasteiger partial charge >= 0.3 is 5.97 Å². The number of aromatic hydroxyl groups is 1. The van der Waals surface area contributed by atoms with Gasteiger partial charge in [-0.2, -0.15) is 5.10 Å². The maximum absolute atomic E-state index is 12.2. The third-order valence-corrected chi connectivity index (χ3v) is 4.00. The third-order valence-electron chi connectivity index (χ3n) is 4.00. The minimum absolute atomic E-state index is 0.202. The second-order valence-electron chi connectivity index (χ2n) is 5.62. The maximum atomic E-state index is 12.2. The summed E-state index contributed by atoms with van der Waals surface area (Å²) in [5.41, 5.74) is 3.51. The van der Waals surface area contributed by atoms with E-state index in [9.17, 15) is 9.90 Å². The highest BCUT2D eigenvalue weighted by Gasteiger charge is 2.20. The normalized spacial score (nSPS) is 10.8. The minimum Gasteiger partial charge on any atom is -0.508 e. The SMILES string of the molecule is CCOC(=O)c1cn2ncnc(Nc3ccc(C)c(O)c3)c2c1CC. The number of esters is 1. The van der Waals surface area contributed by atoms with Crippen LogP contribution >= 0.6 is 0 Å². The smallest absolute Gasteiger partial charge is 0.340 e. The van der Waals surface area contributed by atoms with Crippen LogP contribution in [0.2, 0.25) is 0 Å². The highest BCUT2D eigenvalue weighted by atomic mass is 16.5. The molecule has 2 heterocycles. The topological polar surface area (TPSA) is 88.8 Å². The zero-order valence-corrected chi connectivity index (χ0v) is 14.4. The molecule has 0 amide bonds. The largest absolute Gasteiger partial charge is 0.508 e. The maximum Gasteiger partial charge on any atom is 0.340 e. The van der Waals surface area contributed by atoms with Crippen molar-refractivity contribution in [3.63, 3.8) is 0 Å². The fourth-order valence-corrected chi connectivity index (χ4v) is 2.73. The second kappa shape index (κ2) is 6.80. The van der Waals surface area contributed by atoms with E-state index in [2.05, 4.69) is 15.4 Å². The molecule has 0 aliphatic rings. The predicted octanol–water partition coefficient (Wildman–Crippen LogP) is 3.23. The first-order valence-electron chi connectivity index (χ1n) is 8.14. The number of nitrogens with zero attached hydrogens (tertiary/aromatic N) is 3. The number of nitrogens with one attached hydrogen (secondary N) is 1. The van der Waals surface area contributed by atoms with Gasteiger partial charge in [0.25, 0.3) is 0 Å². The quantitative estimate of drug-likeness (QED) is 0.693. The fraction of sp³-hybridized carbons (Fsp3) is 0.278. The first kappa shape index (κ1) is 16.8. The summed E-state index contributed by atoms with van der Waals surface area (Å²) in [6.07, 6.45) is 3.70. The number of aromatic nitrogens is 3. The van der Waals surface area contributed by atoms with Gasteiger partial charge in [-0.25, -0.2) is 14.3 Å². The van der Waals surface area contributed by atoms with Crippen LogP contribution in [0.4, 0.5) is 11.5 Å². The number of hydrogen-bond donors (Lipinski definition) is 2. The van der Waals surface area contributed by atoms with Gasteiger partial charge < -0.3 is 15.2 Å². The Morgan fingerprint density at radius 3 is 2.84 bits per heavy atom. The molecule has 2 N–H and O–H groups in total. The molecule has 3 aromatic rings. The summed E-state index contributed by atoms with van der Waals surface area (Å²) in [5.74, 6) is 0.391. The molecule has 7 nitrogen and oxygen atoms in total. The van der Waals surface area contributed by atoms with Crippen LogP contribution in [0.15, 0.2) is 30.7 Å². The monoisotopic (exact) mass is 340 g/mol. The Kier molecular flexibility index (Phi) is 4.56. The number of ether oxygens (including phenoxy) is 1. The van der Waals surface area contributed by atoms with E-state index < -0.39 is 0 Å². The van der Waals surface area contributed by atoms with Gasteiger partial charge in [0, 0.05) is 18.0 Å². The number of carbonyl (C=O) groups excluding carboxylic acids is 1. The molecule has 0 aliphatic carbocycles. The van der Waals surface area contributed by atoms with Gasteiger partial charge in [0.2, 0.25) is 0 Å². The van der Waals surface area contributed by atoms with Crippen molar-refractivity contribution in [1.29, 1.82) is 0 Å². The van der Waals surface area contributed by atoms with Gasteiger partial charge in [0.15, 0.2) is 5.82 Å². The predicted molar refractivity (Wildman–Crippen MR) is 94.4 cm³/mol. The average Bonchev–Trinajstić information content (AvgIpc) is 2.98. The summed E-state index contributed by atoms with van der Waals surface area (Å²) in [6, 6.07) is 5.31. The Balaban J connectivity index is 2.09. The van der Waals surface area contributed by atoms with Crippen molar-refractivity contribution in [2.24, 2.45) is 0 Å². The number of rotatable bonds is 5. The lowest BCUT2D eigenvalue weighted by atomic mass is 10.1. The average molecular weight is 340 g/mol. The van der Waals surface area contributed by atoms with Crippen LogP contribution in [0, 0.1) is 6.92 Å². The van der Waals surface area contributed by atoms with Gasteiger partial charge in [-0.1, -0.05) is 13.0 Å². The number of aryl methyl sites for hydroxylation is 2. The Morgan fingerprint density at radius 2 is 2.16 bits per heavy atom. The van der Waals surface area contributed by atoms with E-state index in [1.807, 2.05) is 26.0 Å². The van der Waals surface area contributed by atoms with E-state index in [1.54, 1.807) is 23.7 Å². The van der Waals surface area contributed by atoms with Gasteiger partial charge in [-0.3, -0.25) is 0 Å². The van der Waals surface area contributed by atoms with Gasteiger partial charge in [0.05, 0.1) is 12.2 Å². The number of phenolic OH excluding ortho intramolecular Hbond substituents is 1. The summed E-state index contributed by atoms with van der Waals surface area (Å²) >= 11 is 0. The third kappa shape index (κ3) is 3.13. The molecule has 0 atom stereocenters. The number of anilines is 2. The molecular formula is C18H20N4O3. The molecule has 0 fully saturated rings. The Bertz CT molecular complexity index is 933. The zero-order chi connectivity index (χ0) is 18.0. The lowest BCUT2D eigenvalue weighted by molar-refractivity contribution is 0.0525. The van der Waals surface area contributed by atoms with Crippen LogP contribution in [0.25, 0.3) is 5.52 Å². The lowest BCUT2D eigenvalue weighted by Crippen LogP contribution is -2.06. The Labute approximate surface area is 145 Å². The van der Waals surface area contributed by atoms with Crippen molar-refractivity contribution in [3.8, 4) is 5.75 Å². The Morgan fingerprint density at radius 1 is 1.36 bits per heavy atom. The number of hydrogen-bond acceptors (Lipinski definition) is 6. The van der Waals surface area contributed by atoms with Crippen LogP contribution in [0.3, 0.4) is 0 Å². The molecule has 0 saturated carbocycles. The summed E-state index contributed by atoms with van der Waals surface area (Å²) in [7, 11) is 0. The van der Waals surface area contributed by atoms with Crippen molar-refractivity contribution in [2.75, 3.05) is 11.9 Å². The van der Waals surface area contributed by atoms with Crippen LogP contribution < -0.4 is 5.32 Å². The van der Waals surface area contributed by atoms with Gasteiger partial charge in [-0.05, 0) is 37.5 Å². The van der Waals surface area contributed by atoms with Crippen molar-refractivity contribution < 1.29 is 14.6 Å². The highest BCUT2D eigenvalue weighted by Crippen LogP contribution is 2.28. The molecule has 0 aliphatic heterocycles. The van der Waals surface area contributed by atoms with E-state index in [0.717, 1.165) is 11.1 Å². The molecule has 0 spiro atoms. The van der Waals surface area contributed by atoms with Crippen molar-refractivity contribution in [1.82, 2.24) is 14.6 Å². The first-order valence-corrected chi connectivity index (χ1v) is 8.14. The Hall–Kier alpha value is -3.09. The summed E-state index contributed by atoms with van der Waals surface area (Å²) < 4.78 is 6.75. The molecule has 2 aromatic heterocycles. The molecule has 3 rings (SSSR count). The van der Waals surface area contributed by atoms with E-state index in [4.69, 9.17) is 4.74 Å². The molecule has 130 valence electrons. The molecule has 0 saturated heterocycles. The highest BCUT2D eigenvalue weighted by molar-refractivity contribution is 5.95. The van der Waals surface area contributed by atoms with Crippen LogP contribution in [0.5, 0.6) is 5.75 Å². The number of fused-ring (bicyclic) bond motifs is 1. The molecule has 0 unspecified atom stereocenters. The van der Waals surface area contributed by atoms with Gasteiger partial charge in [0.1, 0.15) is 17.6 Å². The molecule has 0 bridgehead atoms. The van der Waals surface area contributed by atoms with Crippen LogP contribution in [-0.4, -0.2) is 32.3 Å². The molecule has 25 heavy (non-hydrogen) atoms. The molecule has 0 radical (unpaired) electrons. The summed E-state index contributed by atoms with van der Waals surface area (Å²) in [4.78, 5) is 16.5. The van der Waals surface area contributed by atoms with Crippen LogP contribution in [0.1, 0.15) is 35.3 Å². The number of benzene rings is 1. The summed E-state index contributed by atoms with van der Waals surface area (Å²) in [6.45, 7) is 5.88. The van der Waals surface area contributed by atoms with Crippen molar-refractivity contribution in [2.45, 2.75) is 27.2 Å². The van der Waals surface area contributed by atoms with Crippen molar-refractivity contribution >= 4 is 23.0 Å². The fourth-order valence-electron chi connectivity index (χ4n) is 2.73. The molecular weight excluding hydrogens is 320 g/mol. The second-order valence-corrected chi connectivity index (χ2v) is 5.62. The first-order chi connectivity index (χ1) is 12.0. The zero-order valence-electron chi connectivity index (χ0n) is 14.4.